The molecule has 1 aromatic rings. The van der Waals surface area contributed by atoms with Crippen molar-refractivity contribution in [3.8, 4) is 6.07 Å². The first kappa shape index (κ1) is 11.9. The van der Waals surface area contributed by atoms with Crippen molar-refractivity contribution in [1.29, 1.82) is 5.26 Å². The van der Waals surface area contributed by atoms with Crippen molar-refractivity contribution >= 4 is 11.6 Å². The van der Waals surface area contributed by atoms with Crippen LogP contribution in [0, 0.1) is 18.3 Å². The smallest absolute Gasteiger partial charge is 0.192 e. The monoisotopic (exact) mass is 233 g/mol. The number of hydrogen-bond acceptors (Lipinski definition) is 1. The molecule has 1 rings (SSSR count). The van der Waals surface area contributed by atoms with E-state index in [0.717, 1.165) is 0 Å². The predicted molar refractivity (Wildman–Crippen MR) is 50.5 cm³/mol. The summed E-state index contributed by atoms with van der Waals surface area (Å²) in [6.07, 6.45) is -4.43. The number of aryl methyl sites for hydroxylation is 1. The summed E-state index contributed by atoms with van der Waals surface area (Å²) in [5, 5.41) is 8.60. The largest absolute Gasteiger partial charge is 0.416 e. The summed E-state index contributed by atoms with van der Waals surface area (Å²) in [5.41, 5.74) is -0.578. The molecule has 0 radical (unpaired) electrons. The predicted octanol–water partition coefficient (Wildman–Crippen LogP) is 3.62. The molecule has 0 amide bonds. The molecule has 80 valence electrons. The van der Waals surface area contributed by atoms with Gasteiger partial charge in [-0.2, -0.15) is 18.4 Å². The number of nitrogens with zero attached hydrogens (tertiary/aromatic N) is 1. The fourth-order valence-corrected chi connectivity index (χ4v) is 1.65. The van der Waals surface area contributed by atoms with Crippen LogP contribution in [-0.4, -0.2) is 0 Å². The lowest BCUT2D eigenvalue weighted by atomic mass is 9.99. The normalized spacial score (nSPS) is 11.2. The summed E-state index contributed by atoms with van der Waals surface area (Å²) >= 11 is 5.43. The molecule has 1 nitrogen and oxygen atoms in total. The van der Waals surface area contributed by atoms with Crippen LogP contribution >= 0.6 is 11.6 Å². The Kier molecular flexibility index (Phi) is 3.25. The van der Waals surface area contributed by atoms with Gasteiger partial charge >= 0.3 is 6.18 Å². The minimum Gasteiger partial charge on any atom is -0.192 e. The average molecular weight is 234 g/mol. The van der Waals surface area contributed by atoms with Crippen LogP contribution in [0.15, 0.2) is 12.1 Å². The van der Waals surface area contributed by atoms with Crippen LogP contribution in [0.5, 0.6) is 0 Å². The molecule has 1 aromatic carbocycles. The standard InChI is InChI=1S/C10H7ClF3N/c1-6-2-7(5-15)3-8(4-11)9(6)10(12,13)14/h2-3H,4H2,1H3. The summed E-state index contributed by atoms with van der Waals surface area (Å²) in [7, 11) is 0. The third-order valence-corrected chi connectivity index (χ3v) is 2.26. The summed E-state index contributed by atoms with van der Waals surface area (Å²) in [5.74, 6) is -0.259. The Morgan fingerprint density at radius 2 is 2.00 bits per heavy atom. The van der Waals surface area contributed by atoms with E-state index in [9.17, 15) is 13.2 Å². The quantitative estimate of drug-likeness (QED) is 0.680. The molecule has 0 aliphatic rings. The van der Waals surface area contributed by atoms with Crippen LogP contribution in [0.1, 0.15) is 22.3 Å². The first-order valence-electron chi connectivity index (χ1n) is 4.07. The summed E-state index contributed by atoms with van der Waals surface area (Å²) in [6.45, 7) is 1.32. The van der Waals surface area contributed by atoms with E-state index >= 15 is 0 Å². The zero-order valence-corrected chi connectivity index (χ0v) is 8.58. The summed E-state index contributed by atoms with van der Waals surface area (Å²) in [4.78, 5) is 0. The molecule has 0 fully saturated rings. The third kappa shape index (κ3) is 2.42. The topological polar surface area (TPSA) is 23.8 Å². The highest BCUT2D eigenvalue weighted by Gasteiger charge is 2.35. The summed E-state index contributed by atoms with van der Waals surface area (Å²) < 4.78 is 37.8. The van der Waals surface area contributed by atoms with Crippen LogP contribution < -0.4 is 0 Å². The van der Waals surface area contributed by atoms with E-state index in [0.29, 0.717) is 0 Å². The van der Waals surface area contributed by atoms with E-state index < -0.39 is 11.7 Å². The fraction of sp³-hybridized carbons (Fsp3) is 0.300. The van der Waals surface area contributed by atoms with E-state index in [1.165, 1.54) is 19.1 Å². The molecule has 5 heteroatoms. The minimum atomic E-state index is -4.43. The van der Waals surface area contributed by atoms with Gasteiger partial charge in [0.15, 0.2) is 0 Å². The van der Waals surface area contributed by atoms with Crippen molar-refractivity contribution in [2.45, 2.75) is 19.0 Å². The van der Waals surface area contributed by atoms with Gasteiger partial charge in [-0.3, -0.25) is 0 Å². The van der Waals surface area contributed by atoms with Crippen LogP contribution in [0.25, 0.3) is 0 Å². The highest BCUT2D eigenvalue weighted by atomic mass is 35.5. The molecule has 0 saturated carbocycles. The number of nitriles is 1. The zero-order valence-electron chi connectivity index (χ0n) is 7.82. The van der Waals surface area contributed by atoms with E-state index in [1.807, 2.05) is 0 Å². The highest BCUT2D eigenvalue weighted by molar-refractivity contribution is 6.17. The van der Waals surface area contributed by atoms with Crippen molar-refractivity contribution in [3.63, 3.8) is 0 Å². The molecule has 0 aliphatic heterocycles. The lowest BCUT2D eigenvalue weighted by Crippen LogP contribution is -2.11. The Labute approximate surface area is 90.1 Å². The Morgan fingerprint density at radius 3 is 2.40 bits per heavy atom. The van der Waals surface area contributed by atoms with Gasteiger partial charge in [-0.05, 0) is 30.2 Å². The lowest BCUT2D eigenvalue weighted by molar-refractivity contribution is -0.138. The SMILES string of the molecule is Cc1cc(C#N)cc(CCl)c1C(F)(F)F. The van der Waals surface area contributed by atoms with E-state index in [2.05, 4.69) is 0 Å². The molecule has 0 spiro atoms. The van der Waals surface area contributed by atoms with Gasteiger partial charge in [0.2, 0.25) is 0 Å². The van der Waals surface area contributed by atoms with Crippen molar-refractivity contribution in [3.05, 3.63) is 34.4 Å². The maximum Gasteiger partial charge on any atom is 0.416 e. The third-order valence-electron chi connectivity index (χ3n) is 1.97. The second-order valence-electron chi connectivity index (χ2n) is 3.07. The number of rotatable bonds is 1. The number of hydrogen-bond donors (Lipinski definition) is 0. The fourth-order valence-electron chi connectivity index (χ4n) is 1.44. The van der Waals surface area contributed by atoms with Gasteiger partial charge in [0.05, 0.1) is 17.2 Å². The molecule has 15 heavy (non-hydrogen) atoms. The first-order chi connectivity index (χ1) is 6.90. The van der Waals surface area contributed by atoms with Crippen molar-refractivity contribution in [1.82, 2.24) is 0 Å². The molecular weight excluding hydrogens is 227 g/mol. The second-order valence-corrected chi connectivity index (χ2v) is 3.34. The van der Waals surface area contributed by atoms with E-state index in [4.69, 9.17) is 16.9 Å². The number of halogens is 4. The lowest BCUT2D eigenvalue weighted by Gasteiger charge is -2.14. The molecule has 0 saturated heterocycles. The van der Waals surface area contributed by atoms with E-state index in [1.54, 1.807) is 6.07 Å². The number of alkyl halides is 4. The molecule has 0 aliphatic carbocycles. The van der Waals surface area contributed by atoms with Gasteiger partial charge in [-0.1, -0.05) is 0 Å². The highest BCUT2D eigenvalue weighted by Crippen LogP contribution is 2.35. The maximum absolute atomic E-state index is 12.6. The second kappa shape index (κ2) is 4.11. The molecule has 0 unspecified atom stereocenters. The molecular formula is C10H7ClF3N. The maximum atomic E-state index is 12.6. The van der Waals surface area contributed by atoms with Crippen LogP contribution in [0.3, 0.4) is 0 Å². The van der Waals surface area contributed by atoms with Gasteiger partial charge in [0.25, 0.3) is 0 Å². The zero-order chi connectivity index (χ0) is 11.6. The van der Waals surface area contributed by atoms with E-state index in [-0.39, 0.29) is 22.6 Å². The molecule has 0 heterocycles. The Balaban J connectivity index is 3.46. The summed E-state index contributed by atoms with van der Waals surface area (Å²) in [6, 6.07) is 4.17. The molecule has 0 bridgehead atoms. The van der Waals surface area contributed by atoms with Crippen molar-refractivity contribution in [2.24, 2.45) is 0 Å². The van der Waals surface area contributed by atoms with Gasteiger partial charge < -0.3 is 0 Å². The Hall–Kier alpha value is -1.21. The van der Waals surface area contributed by atoms with Crippen LogP contribution in [0.4, 0.5) is 13.2 Å². The van der Waals surface area contributed by atoms with Crippen LogP contribution in [-0.2, 0) is 12.1 Å². The van der Waals surface area contributed by atoms with Gasteiger partial charge in [-0.25, -0.2) is 0 Å². The van der Waals surface area contributed by atoms with Gasteiger partial charge in [0.1, 0.15) is 0 Å². The van der Waals surface area contributed by atoms with Crippen molar-refractivity contribution < 1.29 is 13.2 Å². The first-order valence-corrected chi connectivity index (χ1v) is 4.60. The molecule has 0 atom stereocenters. The van der Waals surface area contributed by atoms with Gasteiger partial charge in [-0.15, -0.1) is 11.6 Å². The minimum absolute atomic E-state index is 0.0252. The average Bonchev–Trinajstić information content (AvgIpc) is 2.14. The van der Waals surface area contributed by atoms with Gasteiger partial charge in [0, 0.05) is 5.88 Å². The Bertz CT molecular complexity index is 418. The van der Waals surface area contributed by atoms with Crippen molar-refractivity contribution in [2.75, 3.05) is 0 Å². The molecule has 0 N–H and O–H groups in total. The number of benzene rings is 1. The Morgan fingerprint density at radius 1 is 1.40 bits per heavy atom. The molecule has 0 aromatic heterocycles. The van der Waals surface area contributed by atoms with Crippen LogP contribution in [0.2, 0.25) is 0 Å².